The second-order valence-corrected chi connectivity index (χ2v) is 10.1. The topological polar surface area (TPSA) is 56.8 Å². The van der Waals surface area contributed by atoms with Crippen molar-refractivity contribution >= 4 is 33.6 Å². The molecule has 5 nitrogen and oxygen atoms in total. The normalized spacial score (nSPS) is 27.5. The number of hydrogen-bond donors (Lipinski definition) is 1. The van der Waals surface area contributed by atoms with E-state index < -0.39 is 11.4 Å². The number of amides is 1. The van der Waals surface area contributed by atoms with Crippen molar-refractivity contribution in [1.29, 1.82) is 0 Å². The van der Waals surface area contributed by atoms with Gasteiger partial charge in [0.25, 0.3) is 0 Å². The third kappa shape index (κ3) is 4.77. The van der Waals surface area contributed by atoms with Gasteiger partial charge in [-0.15, -0.1) is 0 Å². The minimum absolute atomic E-state index is 0.118. The first-order valence-electron chi connectivity index (χ1n) is 9.78. The van der Waals surface area contributed by atoms with E-state index in [-0.39, 0.29) is 18.1 Å². The summed E-state index contributed by atoms with van der Waals surface area (Å²) in [5, 5.41) is 3.58. The van der Waals surface area contributed by atoms with Crippen LogP contribution in [0.15, 0.2) is 10.5 Å². The van der Waals surface area contributed by atoms with E-state index in [0.717, 1.165) is 47.0 Å². The van der Waals surface area contributed by atoms with E-state index in [4.69, 9.17) is 25.8 Å². The molecule has 0 radical (unpaired) electrons. The highest BCUT2D eigenvalue weighted by Gasteiger charge is 2.43. The molecule has 0 bridgehead atoms. The molecular formula is C21H29BrClNO4. The number of carbonyl (C=O) groups excluding carboxylic acids is 1. The molecule has 1 unspecified atom stereocenters. The number of hydrogen-bond acceptors (Lipinski definition) is 4. The summed E-state index contributed by atoms with van der Waals surface area (Å²) < 4.78 is 18.8. The first kappa shape index (κ1) is 21.7. The van der Waals surface area contributed by atoms with Crippen LogP contribution in [-0.4, -0.2) is 23.5 Å². The lowest BCUT2D eigenvalue weighted by Crippen LogP contribution is -2.49. The van der Waals surface area contributed by atoms with Crippen molar-refractivity contribution in [2.24, 2.45) is 5.92 Å². The van der Waals surface area contributed by atoms with E-state index >= 15 is 0 Å². The molecule has 0 spiro atoms. The second-order valence-electron chi connectivity index (χ2n) is 8.87. The van der Waals surface area contributed by atoms with Crippen molar-refractivity contribution in [1.82, 2.24) is 5.32 Å². The highest BCUT2D eigenvalue weighted by atomic mass is 79.9. The van der Waals surface area contributed by atoms with Crippen LogP contribution in [0.4, 0.5) is 4.79 Å². The highest BCUT2D eigenvalue weighted by Crippen LogP contribution is 2.46. The molecule has 1 fully saturated rings. The summed E-state index contributed by atoms with van der Waals surface area (Å²) in [5.74, 6) is 0.246. The first-order chi connectivity index (χ1) is 13.0. The van der Waals surface area contributed by atoms with Crippen LogP contribution in [0.5, 0.6) is 5.75 Å². The number of alkyl carbamates (subject to hydrolysis) is 1. The van der Waals surface area contributed by atoms with Crippen LogP contribution >= 0.6 is 27.5 Å². The Hall–Kier alpha value is -0.980. The van der Waals surface area contributed by atoms with Gasteiger partial charge >= 0.3 is 6.09 Å². The predicted octanol–water partition coefficient (Wildman–Crippen LogP) is 6.12. The average molecular weight is 475 g/mol. The van der Waals surface area contributed by atoms with Crippen LogP contribution in [0.25, 0.3) is 0 Å². The third-order valence-corrected chi connectivity index (χ3v) is 6.66. The zero-order valence-corrected chi connectivity index (χ0v) is 19.5. The average Bonchev–Trinajstić information content (AvgIpc) is 2.58. The van der Waals surface area contributed by atoms with Crippen molar-refractivity contribution < 1.29 is 19.0 Å². The Morgan fingerprint density at radius 1 is 1.32 bits per heavy atom. The molecule has 156 valence electrons. The van der Waals surface area contributed by atoms with Gasteiger partial charge in [0.15, 0.2) is 0 Å². The first-order valence-corrected chi connectivity index (χ1v) is 11.0. The van der Waals surface area contributed by atoms with E-state index in [1.807, 2.05) is 40.7 Å². The number of ether oxygens (including phenoxy) is 3. The summed E-state index contributed by atoms with van der Waals surface area (Å²) >= 11 is 9.98. The number of benzene rings is 1. The van der Waals surface area contributed by atoms with Gasteiger partial charge in [-0.1, -0.05) is 27.5 Å². The van der Waals surface area contributed by atoms with E-state index in [1.54, 1.807) is 0 Å². The minimum atomic E-state index is -0.714. The molecule has 3 rings (SSSR count). The van der Waals surface area contributed by atoms with Gasteiger partial charge in [-0.2, -0.15) is 0 Å². The predicted molar refractivity (Wildman–Crippen MR) is 113 cm³/mol. The van der Waals surface area contributed by atoms with E-state index in [2.05, 4.69) is 21.2 Å². The molecule has 0 aromatic heterocycles. The van der Waals surface area contributed by atoms with Crippen molar-refractivity contribution in [2.75, 3.05) is 0 Å². The molecular weight excluding hydrogens is 446 g/mol. The maximum Gasteiger partial charge on any atom is 0.407 e. The number of carbonyl (C=O) groups is 1. The zero-order chi connectivity index (χ0) is 20.7. The van der Waals surface area contributed by atoms with Crippen LogP contribution in [0.2, 0.25) is 5.02 Å². The number of fused-ring (bicyclic) bond motifs is 1. The van der Waals surface area contributed by atoms with Crippen LogP contribution in [-0.2, 0) is 16.1 Å². The summed E-state index contributed by atoms with van der Waals surface area (Å²) in [6.45, 7) is 10.1. The van der Waals surface area contributed by atoms with Crippen LogP contribution in [0.1, 0.15) is 64.5 Å². The summed E-state index contributed by atoms with van der Waals surface area (Å²) in [5.41, 5.74) is 1.60. The Morgan fingerprint density at radius 2 is 1.96 bits per heavy atom. The van der Waals surface area contributed by atoms with Gasteiger partial charge in [-0.25, -0.2) is 4.79 Å². The molecule has 28 heavy (non-hydrogen) atoms. The molecule has 1 heterocycles. The number of rotatable bonds is 2. The maximum absolute atomic E-state index is 12.0. The van der Waals surface area contributed by atoms with Gasteiger partial charge in [-0.05, 0) is 65.0 Å². The number of halogens is 2. The summed E-state index contributed by atoms with van der Waals surface area (Å²) in [7, 11) is 0. The molecule has 1 saturated carbocycles. The van der Waals surface area contributed by atoms with Crippen molar-refractivity contribution in [3.63, 3.8) is 0 Å². The van der Waals surface area contributed by atoms with E-state index in [0.29, 0.717) is 11.6 Å². The zero-order valence-electron chi connectivity index (χ0n) is 17.2. The van der Waals surface area contributed by atoms with Gasteiger partial charge in [0.2, 0.25) is 5.79 Å². The second kappa shape index (κ2) is 8.04. The Bertz CT molecular complexity index is 756. The summed E-state index contributed by atoms with van der Waals surface area (Å²) in [6, 6.07) is 2.00. The molecule has 1 N–H and O–H groups in total. The van der Waals surface area contributed by atoms with Crippen molar-refractivity contribution in [3.8, 4) is 5.75 Å². The van der Waals surface area contributed by atoms with Gasteiger partial charge in [0, 0.05) is 28.9 Å². The monoisotopic (exact) mass is 473 g/mol. The van der Waals surface area contributed by atoms with Crippen LogP contribution in [0.3, 0.4) is 0 Å². The van der Waals surface area contributed by atoms with Crippen molar-refractivity contribution in [2.45, 2.75) is 84.3 Å². The van der Waals surface area contributed by atoms with Crippen LogP contribution in [0, 0.1) is 12.8 Å². The van der Waals surface area contributed by atoms with Gasteiger partial charge in [0.1, 0.15) is 11.4 Å². The van der Waals surface area contributed by atoms with Gasteiger partial charge in [0.05, 0.1) is 11.6 Å². The van der Waals surface area contributed by atoms with E-state index in [9.17, 15) is 4.79 Å². The Balaban J connectivity index is 1.62. The lowest BCUT2D eigenvalue weighted by molar-refractivity contribution is -0.231. The SMILES string of the molecule is Cc1c(Br)cc(Cl)c2c1COC(C)(C1CCC(NC(=O)OC(C)(C)C)CC1)O2. The standard InChI is InChI=1S/C21H29BrClNO4/c1-12-15-11-26-21(5,27-18(15)17(23)10-16(12)22)13-6-8-14(9-7-13)24-19(25)28-20(2,3)4/h10,13-14H,6-9,11H2,1-5H3,(H,24,25). The molecule has 2 aliphatic rings. The molecule has 1 aliphatic heterocycles. The molecule has 1 amide bonds. The Morgan fingerprint density at radius 3 is 2.57 bits per heavy atom. The largest absolute Gasteiger partial charge is 0.460 e. The molecule has 0 saturated heterocycles. The smallest absolute Gasteiger partial charge is 0.407 e. The number of nitrogens with one attached hydrogen (secondary N) is 1. The Kier molecular flexibility index (Phi) is 6.23. The van der Waals surface area contributed by atoms with Crippen LogP contribution < -0.4 is 10.1 Å². The fourth-order valence-corrected chi connectivity index (χ4v) is 4.77. The summed E-state index contributed by atoms with van der Waals surface area (Å²) in [4.78, 5) is 12.0. The highest BCUT2D eigenvalue weighted by molar-refractivity contribution is 9.10. The quantitative estimate of drug-likeness (QED) is 0.561. The third-order valence-electron chi connectivity index (χ3n) is 5.55. The summed E-state index contributed by atoms with van der Waals surface area (Å²) in [6.07, 6.45) is 3.19. The van der Waals surface area contributed by atoms with E-state index in [1.165, 1.54) is 0 Å². The molecule has 7 heteroatoms. The molecule has 1 aliphatic carbocycles. The fraction of sp³-hybridized carbons (Fsp3) is 0.667. The molecule has 1 aromatic carbocycles. The maximum atomic E-state index is 12.0. The fourth-order valence-electron chi connectivity index (χ4n) is 3.91. The molecule has 1 aromatic rings. The lowest BCUT2D eigenvalue weighted by atomic mass is 9.81. The van der Waals surface area contributed by atoms with Crippen molar-refractivity contribution in [3.05, 3.63) is 26.7 Å². The minimum Gasteiger partial charge on any atom is -0.460 e. The Labute approximate surface area is 180 Å². The molecule has 1 atom stereocenters. The van der Waals surface area contributed by atoms with Gasteiger partial charge in [-0.3, -0.25) is 0 Å². The van der Waals surface area contributed by atoms with Gasteiger partial charge < -0.3 is 19.5 Å². The lowest BCUT2D eigenvalue weighted by Gasteiger charge is -2.44.